The van der Waals surface area contributed by atoms with Gasteiger partial charge in [0.2, 0.25) is 0 Å². The number of nitrogens with zero attached hydrogens (tertiary/aromatic N) is 2. The van der Waals surface area contributed by atoms with Crippen LogP contribution in [0.15, 0.2) is 42.7 Å². The van der Waals surface area contributed by atoms with Crippen molar-refractivity contribution in [2.75, 3.05) is 5.73 Å². The molecule has 3 aromatic rings. The highest BCUT2D eigenvalue weighted by Gasteiger charge is 2.06. The predicted molar refractivity (Wildman–Crippen MR) is 63.7 cm³/mol. The van der Waals surface area contributed by atoms with Crippen LogP contribution in [0.1, 0.15) is 0 Å². The van der Waals surface area contributed by atoms with Gasteiger partial charge in [0.05, 0.1) is 11.4 Å². The van der Waals surface area contributed by atoms with Crippen molar-refractivity contribution in [3.63, 3.8) is 0 Å². The molecule has 0 aliphatic heterocycles. The lowest BCUT2D eigenvalue weighted by Gasteiger charge is -1.93. The maximum Gasteiger partial charge on any atom is 0.139 e. The summed E-state index contributed by atoms with van der Waals surface area (Å²) in [4.78, 5) is 11.7. The summed E-state index contributed by atoms with van der Waals surface area (Å²) in [5.41, 5.74) is 9.21. The van der Waals surface area contributed by atoms with Crippen LogP contribution in [0.2, 0.25) is 0 Å². The smallest absolute Gasteiger partial charge is 0.139 e. The first-order valence-corrected chi connectivity index (χ1v) is 4.99. The van der Waals surface area contributed by atoms with E-state index in [0.717, 1.165) is 28.1 Å². The van der Waals surface area contributed by atoms with Crippen LogP contribution < -0.4 is 5.73 Å². The SMILES string of the molecule is Nc1ccnc2[nH]c(-c3ccccn3)cc12. The lowest BCUT2D eigenvalue weighted by molar-refractivity contribution is 1.27. The van der Waals surface area contributed by atoms with E-state index in [1.807, 2.05) is 24.3 Å². The average molecular weight is 210 g/mol. The van der Waals surface area contributed by atoms with Gasteiger partial charge in [-0.2, -0.15) is 0 Å². The van der Waals surface area contributed by atoms with E-state index in [4.69, 9.17) is 5.73 Å². The van der Waals surface area contributed by atoms with Gasteiger partial charge in [-0.05, 0) is 24.3 Å². The van der Waals surface area contributed by atoms with Gasteiger partial charge in [0.25, 0.3) is 0 Å². The Morgan fingerprint density at radius 3 is 2.75 bits per heavy atom. The Hall–Kier alpha value is -2.36. The lowest BCUT2D eigenvalue weighted by atomic mass is 10.2. The maximum atomic E-state index is 5.87. The van der Waals surface area contributed by atoms with Crippen LogP contribution in [0.25, 0.3) is 22.4 Å². The molecule has 16 heavy (non-hydrogen) atoms. The zero-order valence-corrected chi connectivity index (χ0v) is 8.51. The molecule has 0 aromatic carbocycles. The van der Waals surface area contributed by atoms with Crippen LogP contribution in [0.4, 0.5) is 5.69 Å². The number of aromatic amines is 1. The first kappa shape index (κ1) is 8.91. The van der Waals surface area contributed by atoms with Crippen LogP contribution in [0.3, 0.4) is 0 Å². The number of pyridine rings is 2. The number of fused-ring (bicyclic) bond motifs is 1. The second-order valence-corrected chi connectivity index (χ2v) is 3.56. The molecule has 0 fully saturated rings. The fourth-order valence-corrected chi connectivity index (χ4v) is 1.71. The van der Waals surface area contributed by atoms with Gasteiger partial charge in [-0.1, -0.05) is 6.07 Å². The van der Waals surface area contributed by atoms with E-state index in [2.05, 4.69) is 15.0 Å². The van der Waals surface area contributed by atoms with Gasteiger partial charge in [0.15, 0.2) is 0 Å². The topological polar surface area (TPSA) is 67.6 Å². The zero-order valence-electron chi connectivity index (χ0n) is 8.51. The molecule has 0 unspecified atom stereocenters. The number of nitrogens with two attached hydrogens (primary N) is 1. The highest BCUT2D eigenvalue weighted by atomic mass is 14.9. The average Bonchev–Trinajstić information content (AvgIpc) is 2.76. The third kappa shape index (κ3) is 1.32. The summed E-state index contributed by atoms with van der Waals surface area (Å²) in [6.07, 6.45) is 3.45. The van der Waals surface area contributed by atoms with Crippen molar-refractivity contribution >= 4 is 16.7 Å². The van der Waals surface area contributed by atoms with E-state index >= 15 is 0 Å². The van der Waals surface area contributed by atoms with Gasteiger partial charge in [-0.3, -0.25) is 4.98 Å². The van der Waals surface area contributed by atoms with Gasteiger partial charge in [0.1, 0.15) is 5.65 Å². The molecule has 3 heterocycles. The first-order valence-electron chi connectivity index (χ1n) is 4.99. The number of rotatable bonds is 1. The van der Waals surface area contributed by atoms with Gasteiger partial charge in [-0.25, -0.2) is 4.98 Å². The number of hydrogen-bond acceptors (Lipinski definition) is 3. The van der Waals surface area contributed by atoms with Crippen molar-refractivity contribution in [1.82, 2.24) is 15.0 Å². The van der Waals surface area contributed by atoms with Crippen molar-refractivity contribution < 1.29 is 0 Å². The molecule has 0 saturated heterocycles. The Kier molecular flexibility index (Phi) is 1.86. The summed E-state index contributed by atoms with van der Waals surface area (Å²) in [6, 6.07) is 9.54. The summed E-state index contributed by atoms with van der Waals surface area (Å²) in [6.45, 7) is 0. The van der Waals surface area contributed by atoms with Crippen molar-refractivity contribution in [2.24, 2.45) is 0 Å². The molecular weight excluding hydrogens is 200 g/mol. The summed E-state index contributed by atoms with van der Waals surface area (Å²) >= 11 is 0. The lowest BCUT2D eigenvalue weighted by Crippen LogP contribution is -1.85. The number of aromatic nitrogens is 3. The maximum absolute atomic E-state index is 5.87. The Morgan fingerprint density at radius 2 is 2.00 bits per heavy atom. The van der Waals surface area contributed by atoms with Crippen molar-refractivity contribution in [1.29, 1.82) is 0 Å². The molecule has 0 aliphatic carbocycles. The molecule has 0 aliphatic rings. The molecule has 78 valence electrons. The summed E-state index contributed by atoms with van der Waals surface area (Å²) in [7, 11) is 0. The molecule has 0 amide bonds. The Labute approximate surface area is 92.2 Å². The molecule has 4 heteroatoms. The predicted octanol–water partition coefficient (Wildman–Crippen LogP) is 2.21. The van der Waals surface area contributed by atoms with Crippen LogP contribution in [-0.2, 0) is 0 Å². The zero-order chi connectivity index (χ0) is 11.0. The molecule has 3 N–H and O–H groups in total. The molecule has 0 atom stereocenters. The van der Waals surface area contributed by atoms with E-state index < -0.39 is 0 Å². The minimum Gasteiger partial charge on any atom is -0.398 e. The molecule has 0 spiro atoms. The van der Waals surface area contributed by atoms with Gasteiger partial charge < -0.3 is 10.7 Å². The third-order valence-electron chi connectivity index (χ3n) is 2.51. The van der Waals surface area contributed by atoms with Crippen molar-refractivity contribution in [3.8, 4) is 11.4 Å². The molecule has 0 radical (unpaired) electrons. The Morgan fingerprint density at radius 1 is 1.06 bits per heavy atom. The third-order valence-corrected chi connectivity index (χ3v) is 2.51. The second-order valence-electron chi connectivity index (χ2n) is 3.56. The Balaban J connectivity index is 2.23. The molecule has 3 aromatic heterocycles. The van der Waals surface area contributed by atoms with Gasteiger partial charge in [-0.15, -0.1) is 0 Å². The molecule has 0 saturated carbocycles. The van der Waals surface area contributed by atoms with Crippen LogP contribution in [0, 0.1) is 0 Å². The fourth-order valence-electron chi connectivity index (χ4n) is 1.71. The number of anilines is 1. The summed E-state index contributed by atoms with van der Waals surface area (Å²) in [5, 5.41) is 0.933. The summed E-state index contributed by atoms with van der Waals surface area (Å²) in [5.74, 6) is 0. The van der Waals surface area contributed by atoms with E-state index in [0.29, 0.717) is 0 Å². The van der Waals surface area contributed by atoms with Crippen molar-refractivity contribution in [3.05, 3.63) is 42.7 Å². The monoisotopic (exact) mass is 210 g/mol. The summed E-state index contributed by atoms with van der Waals surface area (Å²) < 4.78 is 0. The quantitative estimate of drug-likeness (QED) is 0.647. The minimum absolute atomic E-state index is 0.725. The Bertz CT molecular complexity index is 628. The van der Waals surface area contributed by atoms with Gasteiger partial charge in [0, 0.05) is 23.5 Å². The standard InChI is InChI=1S/C12H10N4/c13-9-4-6-15-12-8(9)7-11(16-12)10-3-1-2-5-14-10/h1-7H,(H3,13,15,16). The fraction of sp³-hybridized carbons (Fsp3) is 0. The number of H-pyrrole nitrogens is 1. The van der Waals surface area contributed by atoms with E-state index in [1.54, 1.807) is 18.5 Å². The van der Waals surface area contributed by atoms with Crippen LogP contribution in [-0.4, -0.2) is 15.0 Å². The normalized spacial score (nSPS) is 10.8. The molecule has 4 nitrogen and oxygen atoms in total. The minimum atomic E-state index is 0.725. The van der Waals surface area contributed by atoms with Crippen LogP contribution in [0.5, 0.6) is 0 Å². The number of nitrogen functional groups attached to an aromatic ring is 1. The second kappa shape index (κ2) is 3.34. The van der Waals surface area contributed by atoms with Gasteiger partial charge >= 0.3 is 0 Å². The van der Waals surface area contributed by atoms with E-state index in [1.165, 1.54) is 0 Å². The largest absolute Gasteiger partial charge is 0.398 e. The number of hydrogen-bond donors (Lipinski definition) is 2. The first-order chi connectivity index (χ1) is 7.84. The van der Waals surface area contributed by atoms with E-state index in [9.17, 15) is 0 Å². The van der Waals surface area contributed by atoms with Crippen molar-refractivity contribution in [2.45, 2.75) is 0 Å². The highest BCUT2D eigenvalue weighted by Crippen LogP contribution is 2.24. The highest BCUT2D eigenvalue weighted by molar-refractivity contribution is 5.91. The van der Waals surface area contributed by atoms with E-state index in [-0.39, 0.29) is 0 Å². The number of nitrogens with one attached hydrogen (secondary N) is 1. The molecular formula is C12H10N4. The molecule has 3 rings (SSSR count). The molecule has 0 bridgehead atoms. The van der Waals surface area contributed by atoms with Crippen LogP contribution >= 0.6 is 0 Å².